The maximum absolute atomic E-state index is 12.9. The van der Waals surface area contributed by atoms with Crippen LogP contribution in [0.5, 0.6) is 0 Å². The molecular formula is C21H18N2O5. The highest BCUT2D eigenvalue weighted by atomic mass is 16.4. The lowest BCUT2D eigenvalue weighted by Gasteiger charge is -2.20. The van der Waals surface area contributed by atoms with Crippen LogP contribution in [0.25, 0.3) is 0 Å². The molecule has 0 bridgehead atoms. The summed E-state index contributed by atoms with van der Waals surface area (Å²) in [6.07, 6.45) is 0.292. The number of ketones is 1. The van der Waals surface area contributed by atoms with Crippen molar-refractivity contribution in [1.82, 2.24) is 5.32 Å². The fourth-order valence-electron chi connectivity index (χ4n) is 2.54. The lowest BCUT2D eigenvalue weighted by molar-refractivity contribution is 0.0696. The van der Waals surface area contributed by atoms with Gasteiger partial charge in [0.2, 0.25) is 5.78 Å². The Kier molecular flexibility index (Phi) is 5.55. The van der Waals surface area contributed by atoms with Gasteiger partial charge in [0, 0.05) is 11.3 Å². The van der Waals surface area contributed by atoms with Crippen molar-refractivity contribution in [2.45, 2.75) is 13.1 Å². The van der Waals surface area contributed by atoms with Crippen molar-refractivity contribution < 1.29 is 23.9 Å². The van der Waals surface area contributed by atoms with Crippen molar-refractivity contribution in [2.75, 3.05) is 5.32 Å². The molecule has 0 radical (unpaired) electrons. The number of hydrogen-bond donors (Lipinski definition) is 3. The monoisotopic (exact) mass is 378 g/mol. The maximum atomic E-state index is 12.9. The van der Waals surface area contributed by atoms with E-state index < -0.39 is 18.0 Å². The first kappa shape index (κ1) is 18.9. The lowest BCUT2D eigenvalue weighted by atomic mass is 10.1. The van der Waals surface area contributed by atoms with E-state index in [1.807, 2.05) is 6.92 Å². The van der Waals surface area contributed by atoms with Gasteiger partial charge in [0.1, 0.15) is 0 Å². The highest BCUT2D eigenvalue weighted by Crippen LogP contribution is 2.14. The number of Topliss-reactive ketones (excluding diaryl/α,β-unsaturated/α-hetero) is 1. The molecule has 0 aliphatic carbocycles. The fraction of sp³-hybridized carbons (Fsp3) is 0.0952. The zero-order valence-electron chi connectivity index (χ0n) is 15.0. The minimum absolute atomic E-state index is 0.0738. The molecule has 7 nitrogen and oxygen atoms in total. The summed E-state index contributed by atoms with van der Waals surface area (Å²) in [5.41, 5.74) is 2.02. The number of amides is 1. The summed E-state index contributed by atoms with van der Waals surface area (Å²) in [5.74, 6) is -1.87. The highest BCUT2D eigenvalue weighted by Gasteiger charge is 2.24. The normalized spacial score (nSPS) is 11.5. The molecule has 1 unspecified atom stereocenters. The van der Waals surface area contributed by atoms with Crippen LogP contribution < -0.4 is 10.6 Å². The molecule has 7 heteroatoms. The molecule has 0 spiro atoms. The molecule has 0 saturated carbocycles. The largest absolute Gasteiger partial charge is 0.478 e. The molecule has 0 saturated heterocycles. The van der Waals surface area contributed by atoms with Crippen LogP contribution in [-0.4, -0.2) is 28.9 Å². The van der Waals surface area contributed by atoms with Crippen LogP contribution >= 0.6 is 0 Å². The minimum atomic E-state index is -1.07. The van der Waals surface area contributed by atoms with Gasteiger partial charge in [-0.05, 0) is 43.3 Å². The van der Waals surface area contributed by atoms with Gasteiger partial charge in [-0.1, -0.05) is 29.8 Å². The summed E-state index contributed by atoms with van der Waals surface area (Å²) >= 11 is 0. The van der Waals surface area contributed by atoms with Crippen LogP contribution in [0.15, 0.2) is 71.3 Å². The number of nitrogens with one attached hydrogen (secondary N) is 2. The Labute approximate surface area is 161 Å². The molecule has 1 atom stereocenters. The summed E-state index contributed by atoms with van der Waals surface area (Å²) in [5, 5.41) is 14.5. The second-order valence-electron chi connectivity index (χ2n) is 6.14. The Balaban J connectivity index is 1.84. The molecule has 3 rings (SSSR count). The standard InChI is InChI=1S/C21H18N2O5/c1-13-4-6-14(7-5-13)18(24)19(23-20(25)17-3-2-12-28-17)22-16-10-8-15(9-11-16)21(26)27/h2-12,19,22H,1H3,(H,23,25)(H,26,27). The topological polar surface area (TPSA) is 109 Å². The van der Waals surface area contributed by atoms with E-state index in [9.17, 15) is 14.4 Å². The molecule has 0 fully saturated rings. The number of aryl methyl sites for hydroxylation is 1. The first-order chi connectivity index (χ1) is 13.4. The summed E-state index contributed by atoms with van der Waals surface area (Å²) < 4.78 is 5.07. The minimum Gasteiger partial charge on any atom is -0.478 e. The van der Waals surface area contributed by atoms with Crippen LogP contribution in [0.4, 0.5) is 5.69 Å². The first-order valence-corrected chi connectivity index (χ1v) is 8.49. The lowest BCUT2D eigenvalue weighted by Crippen LogP contribution is -2.46. The second kappa shape index (κ2) is 8.22. The number of furan rings is 1. The van der Waals surface area contributed by atoms with Crippen molar-refractivity contribution in [2.24, 2.45) is 0 Å². The van der Waals surface area contributed by atoms with E-state index in [2.05, 4.69) is 10.6 Å². The van der Waals surface area contributed by atoms with Gasteiger partial charge in [0.25, 0.3) is 5.91 Å². The Morgan fingerprint density at radius 2 is 1.57 bits per heavy atom. The van der Waals surface area contributed by atoms with Crippen molar-refractivity contribution in [1.29, 1.82) is 0 Å². The molecule has 2 aromatic carbocycles. The van der Waals surface area contributed by atoms with Crippen LogP contribution in [0.3, 0.4) is 0 Å². The van der Waals surface area contributed by atoms with Gasteiger partial charge in [-0.25, -0.2) is 4.79 Å². The SMILES string of the molecule is Cc1ccc(C(=O)C(NC(=O)c2ccco2)Nc2ccc(C(=O)O)cc2)cc1. The van der Waals surface area contributed by atoms with E-state index in [1.165, 1.54) is 36.6 Å². The Hall–Kier alpha value is -3.87. The molecule has 3 aromatic rings. The van der Waals surface area contributed by atoms with Crippen LogP contribution in [-0.2, 0) is 0 Å². The average molecular weight is 378 g/mol. The van der Waals surface area contributed by atoms with Gasteiger partial charge < -0.3 is 20.2 Å². The smallest absolute Gasteiger partial charge is 0.335 e. The summed E-state index contributed by atoms with van der Waals surface area (Å²) in [4.78, 5) is 36.3. The third-order valence-corrected chi connectivity index (χ3v) is 4.06. The van der Waals surface area contributed by atoms with E-state index in [1.54, 1.807) is 30.3 Å². The Bertz CT molecular complexity index is 977. The zero-order valence-corrected chi connectivity index (χ0v) is 15.0. The third kappa shape index (κ3) is 4.45. The van der Waals surface area contributed by atoms with Gasteiger partial charge in [-0.3, -0.25) is 9.59 Å². The van der Waals surface area contributed by atoms with E-state index in [4.69, 9.17) is 9.52 Å². The van der Waals surface area contributed by atoms with Crippen molar-refractivity contribution >= 4 is 23.3 Å². The number of benzene rings is 2. The van der Waals surface area contributed by atoms with Crippen LogP contribution in [0.2, 0.25) is 0 Å². The molecule has 1 heterocycles. The van der Waals surface area contributed by atoms with Gasteiger partial charge in [0.05, 0.1) is 11.8 Å². The van der Waals surface area contributed by atoms with Crippen molar-refractivity contribution in [3.63, 3.8) is 0 Å². The number of carboxylic acids is 1. The summed E-state index contributed by atoms with van der Waals surface area (Å²) in [6, 6.07) is 15.9. The average Bonchev–Trinajstić information content (AvgIpc) is 3.23. The summed E-state index contributed by atoms with van der Waals surface area (Å²) in [6.45, 7) is 1.91. The number of rotatable bonds is 7. The number of carboxylic acid groups (broad SMARTS) is 1. The molecule has 3 N–H and O–H groups in total. The third-order valence-electron chi connectivity index (χ3n) is 4.06. The maximum Gasteiger partial charge on any atom is 0.335 e. The van der Waals surface area contributed by atoms with Gasteiger partial charge >= 0.3 is 5.97 Å². The molecular weight excluding hydrogens is 360 g/mol. The molecule has 142 valence electrons. The predicted molar refractivity (Wildman–Crippen MR) is 102 cm³/mol. The number of carbonyl (C=O) groups excluding carboxylic acids is 2. The van der Waals surface area contributed by atoms with Gasteiger partial charge in [-0.2, -0.15) is 0 Å². The molecule has 1 aromatic heterocycles. The van der Waals surface area contributed by atoms with E-state index >= 15 is 0 Å². The Morgan fingerprint density at radius 1 is 0.929 bits per heavy atom. The zero-order chi connectivity index (χ0) is 20.1. The van der Waals surface area contributed by atoms with Crippen molar-refractivity contribution in [3.05, 3.63) is 89.4 Å². The molecule has 0 aliphatic heterocycles. The van der Waals surface area contributed by atoms with Crippen LogP contribution in [0, 0.1) is 6.92 Å². The number of carbonyl (C=O) groups is 3. The first-order valence-electron chi connectivity index (χ1n) is 8.49. The van der Waals surface area contributed by atoms with Gasteiger partial charge in [0.15, 0.2) is 11.9 Å². The number of anilines is 1. The predicted octanol–water partition coefficient (Wildman–Crippen LogP) is 3.34. The Morgan fingerprint density at radius 3 is 2.14 bits per heavy atom. The number of hydrogen-bond acceptors (Lipinski definition) is 5. The van der Waals surface area contributed by atoms with Gasteiger partial charge in [-0.15, -0.1) is 0 Å². The summed E-state index contributed by atoms with van der Waals surface area (Å²) in [7, 11) is 0. The quantitative estimate of drug-likeness (QED) is 0.430. The molecule has 0 aliphatic rings. The van der Waals surface area contributed by atoms with E-state index in [0.29, 0.717) is 11.3 Å². The molecule has 1 amide bonds. The van der Waals surface area contributed by atoms with Crippen LogP contribution in [0.1, 0.15) is 36.8 Å². The van der Waals surface area contributed by atoms with Crippen molar-refractivity contribution in [3.8, 4) is 0 Å². The molecule has 28 heavy (non-hydrogen) atoms. The van der Waals surface area contributed by atoms with E-state index in [-0.39, 0.29) is 17.1 Å². The fourth-order valence-corrected chi connectivity index (χ4v) is 2.54. The second-order valence-corrected chi connectivity index (χ2v) is 6.14. The highest BCUT2D eigenvalue weighted by molar-refractivity contribution is 6.04. The van der Waals surface area contributed by atoms with E-state index in [0.717, 1.165) is 5.56 Å². The number of aromatic carboxylic acids is 1.